The maximum Gasteiger partial charge on any atom is 0.214 e. The van der Waals surface area contributed by atoms with Gasteiger partial charge in [0.25, 0.3) is 0 Å². The Kier molecular flexibility index (Phi) is 8.71. The van der Waals surface area contributed by atoms with Gasteiger partial charge in [0.05, 0.1) is 25.9 Å². The maximum absolute atomic E-state index is 5.87. The number of guanidine groups is 1. The van der Waals surface area contributed by atoms with E-state index in [0.717, 1.165) is 22.6 Å². The number of nitrogens with zero attached hydrogens (tertiary/aromatic N) is 2. The van der Waals surface area contributed by atoms with E-state index in [1.54, 1.807) is 20.4 Å². The van der Waals surface area contributed by atoms with Gasteiger partial charge in [0.1, 0.15) is 5.75 Å². The lowest BCUT2D eigenvalue weighted by molar-refractivity contribution is 0.405. The fraction of sp³-hybridized carbons (Fsp3) is 0.304. The molecule has 3 aromatic rings. The molecule has 0 bridgehead atoms. The van der Waals surface area contributed by atoms with Crippen molar-refractivity contribution in [2.75, 3.05) is 14.2 Å². The van der Waals surface area contributed by atoms with E-state index >= 15 is 0 Å². The number of ether oxygens (including phenoxy) is 1. The van der Waals surface area contributed by atoms with E-state index in [2.05, 4.69) is 59.6 Å². The third-order valence-corrected chi connectivity index (χ3v) is 4.73. The van der Waals surface area contributed by atoms with Gasteiger partial charge < -0.3 is 19.8 Å². The quantitative estimate of drug-likeness (QED) is 0.272. The van der Waals surface area contributed by atoms with Crippen LogP contribution in [0.2, 0.25) is 0 Å². The summed E-state index contributed by atoms with van der Waals surface area (Å²) in [5.74, 6) is 2.87. The SMILES string of the molecule is CN=C(NCc1ncc(-c2ccc(C)cc2)o1)NC(C)c1cc(C)ccc1OC.I. The Hall–Kier alpha value is -2.55. The Bertz CT molecular complexity index is 983. The normalized spacial score (nSPS) is 12.1. The molecule has 2 aromatic carbocycles. The number of aliphatic imine (C=N–C) groups is 1. The molecule has 160 valence electrons. The number of hydrogen-bond donors (Lipinski definition) is 2. The average molecular weight is 520 g/mol. The van der Waals surface area contributed by atoms with Crippen LogP contribution in [-0.4, -0.2) is 25.1 Å². The third-order valence-electron chi connectivity index (χ3n) is 4.73. The number of halogens is 1. The molecule has 0 radical (unpaired) electrons. The number of methoxy groups -OCH3 is 1. The molecule has 1 aromatic heterocycles. The Morgan fingerprint density at radius 2 is 1.83 bits per heavy atom. The van der Waals surface area contributed by atoms with E-state index < -0.39 is 0 Å². The van der Waals surface area contributed by atoms with Crippen molar-refractivity contribution < 1.29 is 9.15 Å². The Labute approximate surface area is 195 Å². The summed E-state index contributed by atoms with van der Waals surface area (Å²) in [4.78, 5) is 8.67. The van der Waals surface area contributed by atoms with Crippen LogP contribution in [-0.2, 0) is 6.54 Å². The fourth-order valence-corrected chi connectivity index (χ4v) is 3.07. The first kappa shape index (κ1) is 23.7. The minimum atomic E-state index is 0. The lowest BCUT2D eigenvalue weighted by Crippen LogP contribution is -2.38. The van der Waals surface area contributed by atoms with Gasteiger partial charge in [0, 0.05) is 18.2 Å². The van der Waals surface area contributed by atoms with Crippen LogP contribution >= 0.6 is 24.0 Å². The van der Waals surface area contributed by atoms with Crippen molar-refractivity contribution in [2.45, 2.75) is 33.4 Å². The van der Waals surface area contributed by atoms with Crippen LogP contribution in [0.1, 0.15) is 35.5 Å². The van der Waals surface area contributed by atoms with Crippen LogP contribution in [0.25, 0.3) is 11.3 Å². The Morgan fingerprint density at radius 1 is 1.13 bits per heavy atom. The summed E-state index contributed by atoms with van der Waals surface area (Å²) in [6.07, 6.45) is 1.75. The largest absolute Gasteiger partial charge is 0.496 e. The smallest absolute Gasteiger partial charge is 0.214 e. The summed E-state index contributed by atoms with van der Waals surface area (Å²) in [5.41, 5.74) is 4.48. The number of oxazole rings is 1. The highest BCUT2D eigenvalue weighted by Gasteiger charge is 2.14. The van der Waals surface area contributed by atoms with Gasteiger partial charge in [-0.05, 0) is 26.8 Å². The highest BCUT2D eigenvalue weighted by molar-refractivity contribution is 14.0. The number of nitrogens with one attached hydrogen (secondary N) is 2. The van der Waals surface area contributed by atoms with Crippen molar-refractivity contribution in [1.82, 2.24) is 15.6 Å². The van der Waals surface area contributed by atoms with Crippen molar-refractivity contribution in [1.29, 1.82) is 0 Å². The molecule has 3 rings (SSSR count). The summed E-state index contributed by atoms with van der Waals surface area (Å²) in [5, 5.41) is 6.64. The zero-order valence-electron chi connectivity index (χ0n) is 18.0. The molecule has 0 saturated heterocycles. The number of benzene rings is 2. The highest BCUT2D eigenvalue weighted by Crippen LogP contribution is 2.26. The van der Waals surface area contributed by atoms with Crippen LogP contribution < -0.4 is 15.4 Å². The first-order valence-electron chi connectivity index (χ1n) is 9.63. The van der Waals surface area contributed by atoms with Crippen LogP contribution in [0.3, 0.4) is 0 Å². The van der Waals surface area contributed by atoms with Crippen LogP contribution in [0.15, 0.2) is 58.1 Å². The van der Waals surface area contributed by atoms with Gasteiger partial charge in [-0.15, -0.1) is 24.0 Å². The maximum atomic E-state index is 5.87. The van der Waals surface area contributed by atoms with Gasteiger partial charge in [-0.2, -0.15) is 0 Å². The van der Waals surface area contributed by atoms with Gasteiger partial charge in [0.2, 0.25) is 5.89 Å². The van der Waals surface area contributed by atoms with Gasteiger partial charge in [-0.1, -0.05) is 47.5 Å². The monoisotopic (exact) mass is 520 g/mol. The van der Waals surface area contributed by atoms with E-state index in [-0.39, 0.29) is 30.0 Å². The molecule has 0 spiro atoms. The number of rotatable bonds is 6. The molecule has 6 nitrogen and oxygen atoms in total. The molecular weight excluding hydrogens is 491 g/mol. The Morgan fingerprint density at radius 3 is 2.50 bits per heavy atom. The highest BCUT2D eigenvalue weighted by atomic mass is 127. The molecule has 2 N–H and O–H groups in total. The van der Waals surface area contributed by atoms with Gasteiger partial charge in [-0.3, -0.25) is 4.99 Å². The summed E-state index contributed by atoms with van der Waals surface area (Å²) in [7, 11) is 3.42. The van der Waals surface area contributed by atoms with Crippen LogP contribution in [0.4, 0.5) is 0 Å². The first-order chi connectivity index (χ1) is 14.0. The van der Waals surface area contributed by atoms with Crippen molar-refractivity contribution >= 4 is 29.9 Å². The van der Waals surface area contributed by atoms with Crippen LogP contribution in [0.5, 0.6) is 5.75 Å². The summed E-state index contributed by atoms with van der Waals surface area (Å²) < 4.78 is 11.4. The van der Waals surface area contributed by atoms with Crippen molar-refractivity contribution in [2.24, 2.45) is 4.99 Å². The number of aryl methyl sites for hydroxylation is 2. The topological polar surface area (TPSA) is 71.7 Å². The minimum Gasteiger partial charge on any atom is -0.496 e. The van der Waals surface area contributed by atoms with Gasteiger partial charge >= 0.3 is 0 Å². The first-order valence-corrected chi connectivity index (χ1v) is 9.63. The zero-order valence-corrected chi connectivity index (χ0v) is 20.4. The van der Waals surface area contributed by atoms with Crippen LogP contribution in [0, 0.1) is 13.8 Å². The summed E-state index contributed by atoms with van der Waals surface area (Å²) in [6, 6.07) is 14.3. The van der Waals surface area contributed by atoms with Gasteiger partial charge in [-0.25, -0.2) is 4.98 Å². The molecule has 0 aliphatic heterocycles. The average Bonchev–Trinajstić information content (AvgIpc) is 3.20. The predicted molar refractivity (Wildman–Crippen MR) is 132 cm³/mol. The van der Waals surface area contributed by atoms with Crippen molar-refractivity contribution in [3.05, 3.63) is 71.2 Å². The molecule has 1 unspecified atom stereocenters. The third kappa shape index (κ3) is 5.98. The second-order valence-electron chi connectivity index (χ2n) is 7.02. The standard InChI is InChI=1S/C23H28N4O2.HI/c1-15-6-9-18(10-7-15)21-13-25-22(29-21)14-26-23(24-4)27-17(3)19-12-16(2)8-11-20(19)28-5;/h6-13,17H,14H2,1-5H3,(H2,24,26,27);1H. The summed E-state index contributed by atoms with van der Waals surface area (Å²) in [6.45, 7) is 6.64. The molecule has 30 heavy (non-hydrogen) atoms. The predicted octanol–water partition coefficient (Wildman–Crippen LogP) is 5.01. The van der Waals surface area contributed by atoms with E-state index in [0.29, 0.717) is 18.4 Å². The molecule has 0 aliphatic carbocycles. The fourth-order valence-electron chi connectivity index (χ4n) is 3.07. The molecule has 0 aliphatic rings. The van der Waals surface area contributed by atoms with Gasteiger partial charge in [0.15, 0.2) is 11.7 Å². The van der Waals surface area contributed by atoms with Crippen molar-refractivity contribution in [3.63, 3.8) is 0 Å². The second-order valence-corrected chi connectivity index (χ2v) is 7.02. The van der Waals surface area contributed by atoms with Crippen molar-refractivity contribution in [3.8, 4) is 17.1 Å². The second kappa shape index (κ2) is 11.0. The number of hydrogen-bond acceptors (Lipinski definition) is 4. The van der Waals surface area contributed by atoms with E-state index in [9.17, 15) is 0 Å². The lowest BCUT2D eigenvalue weighted by atomic mass is 10.0. The van der Waals surface area contributed by atoms with E-state index in [1.807, 2.05) is 24.3 Å². The minimum absolute atomic E-state index is 0. The summed E-state index contributed by atoms with van der Waals surface area (Å²) >= 11 is 0. The molecule has 1 atom stereocenters. The lowest BCUT2D eigenvalue weighted by Gasteiger charge is -2.20. The van der Waals surface area contributed by atoms with E-state index in [4.69, 9.17) is 9.15 Å². The molecule has 0 fully saturated rings. The zero-order chi connectivity index (χ0) is 20.8. The molecular formula is C23H29IN4O2. The molecule has 0 amide bonds. The van der Waals surface area contributed by atoms with E-state index in [1.165, 1.54) is 11.1 Å². The Balaban J connectivity index is 0.00000320. The molecule has 1 heterocycles. The molecule has 7 heteroatoms. The number of aromatic nitrogens is 1. The molecule has 0 saturated carbocycles.